The van der Waals surface area contributed by atoms with Crippen LogP contribution in [0.5, 0.6) is 0 Å². The number of carbonyl (C=O) groups excluding carboxylic acids is 2. The molecule has 7 heteroatoms. The molecule has 2 rings (SSSR count). The van der Waals surface area contributed by atoms with Gasteiger partial charge in [-0.05, 0) is 24.3 Å². The molecule has 0 saturated carbocycles. The van der Waals surface area contributed by atoms with E-state index in [1.807, 2.05) is 0 Å². The second-order valence-electron chi connectivity index (χ2n) is 3.05. The first-order valence-electron chi connectivity index (χ1n) is 4.84. The number of carboxylic acid groups (broad SMARTS) is 2. The van der Waals surface area contributed by atoms with E-state index in [4.69, 9.17) is 0 Å². The monoisotopic (exact) mass is 299 g/mol. The van der Waals surface area contributed by atoms with Gasteiger partial charge in [-0.3, -0.25) is 9.97 Å². The standard InChI is InChI=1S/2C6H5NO2.Mn/c2*8-6(9)5-1-3-7-4-2-5;/h2*1-4H,(H,8,9);/q;;+2/p-2. The summed E-state index contributed by atoms with van der Waals surface area (Å²) < 4.78 is 0. The Balaban J connectivity index is 0.000000324. The molecule has 0 aliphatic heterocycles. The summed E-state index contributed by atoms with van der Waals surface area (Å²) in [7, 11) is 0. The molecular weight excluding hydrogens is 291 g/mol. The summed E-state index contributed by atoms with van der Waals surface area (Å²) in [6.45, 7) is 0. The van der Waals surface area contributed by atoms with Crippen LogP contribution in [0.25, 0.3) is 0 Å². The Hall–Kier alpha value is -2.24. The van der Waals surface area contributed by atoms with E-state index in [1.54, 1.807) is 0 Å². The van der Waals surface area contributed by atoms with E-state index in [1.165, 1.54) is 49.1 Å². The summed E-state index contributed by atoms with van der Waals surface area (Å²) in [6.07, 6.45) is 5.63. The molecule has 0 saturated heterocycles. The van der Waals surface area contributed by atoms with Crippen molar-refractivity contribution in [3.05, 3.63) is 60.2 Å². The number of rotatable bonds is 2. The van der Waals surface area contributed by atoms with E-state index >= 15 is 0 Å². The summed E-state index contributed by atoms with van der Waals surface area (Å²) in [5.41, 5.74) is 0.315. The number of hydrogen-bond donors (Lipinski definition) is 0. The molecule has 2 heterocycles. The zero-order valence-electron chi connectivity index (χ0n) is 9.52. The zero-order chi connectivity index (χ0) is 13.4. The normalized spacial score (nSPS) is 8.42. The number of aromatic nitrogens is 2. The molecule has 2 aromatic heterocycles. The summed E-state index contributed by atoms with van der Waals surface area (Å²) >= 11 is 0. The van der Waals surface area contributed by atoms with Crippen LogP contribution in [0, 0.1) is 0 Å². The van der Waals surface area contributed by atoms with Gasteiger partial charge in [0.1, 0.15) is 0 Å². The molecule has 0 aromatic carbocycles. The van der Waals surface area contributed by atoms with Crippen LogP contribution < -0.4 is 10.2 Å². The SMILES string of the molecule is O=C([O-])c1ccncc1.O=C([O-])c1ccncc1.[Mn+2]. The molecule has 2 aromatic rings. The third-order valence-corrected chi connectivity index (χ3v) is 1.83. The van der Waals surface area contributed by atoms with Gasteiger partial charge < -0.3 is 19.8 Å². The third kappa shape index (κ3) is 6.30. The maximum absolute atomic E-state index is 10.1. The predicted molar refractivity (Wildman–Crippen MR) is 57.1 cm³/mol. The number of carbonyl (C=O) groups is 2. The molecule has 0 atom stereocenters. The number of aromatic carboxylic acids is 2. The molecule has 0 fully saturated rings. The van der Waals surface area contributed by atoms with Crippen LogP contribution in [0.2, 0.25) is 0 Å². The van der Waals surface area contributed by atoms with Gasteiger partial charge in [0.25, 0.3) is 0 Å². The quantitative estimate of drug-likeness (QED) is 0.651. The van der Waals surface area contributed by atoms with Crippen molar-refractivity contribution in [1.82, 2.24) is 9.97 Å². The van der Waals surface area contributed by atoms with Crippen LogP contribution in [0.15, 0.2) is 49.1 Å². The van der Waals surface area contributed by atoms with Crippen LogP contribution in [0.3, 0.4) is 0 Å². The average molecular weight is 299 g/mol. The van der Waals surface area contributed by atoms with Gasteiger partial charge in [0.2, 0.25) is 0 Å². The summed E-state index contributed by atoms with van der Waals surface area (Å²) in [6, 6.07) is 5.54. The van der Waals surface area contributed by atoms with Crippen LogP contribution in [-0.2, 0) is 17.1 Å². The molecule has 97 valence electrons. The van der Waals surface area contributed by atoms with Crippen molar-refractivity contribution < 1.29 is 36.9 Å². The van der Waals surface area contributed by atoms with Crippen LogP contribution in [-0.4, -0.2) is 21.9 Å². The molecule has 0 aliphatic rings. The second-order valence-corrected chi connectivity index (χ2v) is 3.05. The first-order valence-corrected chi connectivity index (χ1v) is 4.84. The van der Waals surface area contributed by atoms with E-state index in [2.05, 4.69) is 9.97 Å². The van der Waals surface area contributed by atoms with E-state index in [0.717, 1.165) is 0 Å². The van der Waals surface area contributed by atoms with Gasteiger partial charge in [-0.15, -0.1) is 0 Å². The first kappa shape index (κ1) is 16.8. The maximum atomic E-state index is 10.1. The second kappa shape index (κ2) is 8.79. The van der Waals surface area contributed by atoms with Crippen LogP contribution in [0.4, 0.5) is 0 Å². The largest absolute Gasteiger partial charge is 2.00 e. The molecule has 1 radical (unpaired) electrons. The number of pyridine rings is 2. The van der Waals surface area contributed by atoms with E-state index in [-0.39, 0.29) is 28.2 Å². The number of carboxylic acids is 2. The molecule has 0 unspecified atom stereocenters. The summed E-state index contributed by atoms with van der Waals surface area (Å²) in [5, 5.41) is 20.1. The number of nitrogens with zero attached hydrogens (tertiary/aromatic N) is 2. The minimum atomic E-state index is -1.17. The van der Waals surface area contributed by atoms with Gasteiger partial charge in [0, 0.05) is 35.9 Å². The van der Waals surface area contributed by atoms with Gasteiger partial charge in [0.05, 0.1) is 11.9 Å². The maximum Gasteiger partial charge on any atom is 2.00 e. The Morgan fingerprint density at radius 3 is 1.16 bits per heavy atom. The van der Waals surface area contributed by atoms with E-state index in [9.17, 15) is 19.8 Å². The fourth-order valence-electron chi connectivity index (χ4n) is 0.976. The van der Waals surface area contributed by atoms with Gasteiger partial charge in [-0.2, -0.15) is 0 Å². The fraction of sp³-hybridized carbons (Fsp3) is 0. The van der Waals surface area contributed by atoms with E-state index < -0.39 is 11.9 Å². The molecule has 19 heavy (non-hydrogen) atoms. The van der Waals surface area contributed by atoms with Gasteiger partial charge in [0.15, 0.2) is 0 Å². The average Bonchev–Trinajstić information content (AvgIpc) is 2.41. The van der Waals surface area contributed by atoms with Gasteiger partial charge in [-0.25, -0.2) is 0 Å². The van der Waals surface area contributed by atoms with Crippen molar-refractivity contribution in [2.45, 2.75) is 0 Å². The minimum absolute atomic E-state index is 0. The van der Waals surface area contributed by atoms with Crippen molar-refractivity contribution in [1.29, 1.82) is 0 Å². The molecule has 6 nitrogen and oxygen atoms in total. The summed E-state index contributed by atoms with van der Waals surface area (Å²) in [5.74, 6) is -2.34. The van der Waals surface area contributed by atoms with Crippen molar-refractivity contribution in [3.8, 4) is 0 Å². The first-order chi connectivity index (χ1) is 8.61. The summed E-state index contributed by atoms with van der Waals surface area (Å²) in [4.78, 5) is 27.4. The molecule has 0 amide bonds. The van der Waals surface area contributed by atoms with Crippen LogP contribution >= 0.6 is 0 Å². The molecule has 0 spiro atoms. The van der Waals surface area contributed by atoms with Crippen molar-refractivity contribution in [2.75, 3.05) is 0 Å². The predicted octanol–water partition coefficient (Wildman–Crippen LogP) is -1.11. The fourth-order valence-corrected chi connectivity index (χ4v) is 0.976. The van der Waals surface area contributed by atoms with Crippen molar-refractivity contribution >= 4 is 11.9 Å². The smallest absolute Gasteiger partial charge is 0.545 e. The van der Waals surface area contributed by atoms with E-state index in [0.29, 0.717) is 0 Å². The van der Waals surface area contributed by atoms with Gasteiger partial charge >= 0.3 is 17.1 Å². The third-order valence-electron chi connectivity index (χ3n) is 1.83. The molecule has 0 aliphatic carbocycles. The van der Waals surface area contributed by atoms with Crippen molar-refractivity contribution in [2.24, 2.45) is 0 Å². The number of hydrogen-bond acceptors (Lipinski definition) is 6. The Bertz CT molecular complexity index is 470. The Morgan fingerprint density at radius 2 is 1.00 bits per heavy atom. The Morgan fingerprint density at radius 1 is 0.737 bits per heavy atom. The molecular formula is C12H8MnN2O4. The Labute approximate surface area is 119 Å². The Kier molecular flexibility index (Phi) is 7.76. The molecule has 0 bridgehead atoms. The topological polar surface area (TPSA) is 106 Å². The minimum Gasteiger partial charge on any atom is -0.545 e. The van der Waals surface area contributed by atoms with Gasteiger partial charge in [-0.1, -0.05) is 0 Å². The van der Waals surface area contributed by atoms with Crippen molar-refractivity contribution in [3.63, 3.8) is 0 Å². The van der Waals surface area contributed by atoms with Crippen LogP contribution in [0.1, 0.15) is 20.7 Å². The molecule has 0 N–H and O–H groups in total. The zero-order valence-corrected chi connectivity index (χ0v) is 10.7.